The van der Waals surface area contributed by atoms with Crippen LogP contribution in [0.4, 0.5) is 5.69 Å². The zero-order chi connectivity index (χ0) is 10.2. The van der Waals surface area contributed by atoms with Crippen LogP contribution < -0.4 is 4.72 Å². The number of aryl methyl sites for hydroxylation is 1. The van der Waals surface area contributed by atoms with Crippen molar-refractivity contribution >= 4 is 15.7 Å². The van der Waals surface area contributed by atoms with Crippen molar-refractivity contribution in [1.29, 1.82) is 0 Å². The van der Waals surface area contributed by atoms with E-state index in [0.29, 0.717) is 5.69 Å². The number of hydrogen-bond donors (Lipinski definition) is 1. The highest BCUT2D eigenvalue weighted by atomic mass is 32.2. The van der Waals surface area contributed by atoms with E-state index in [0.717, 1.165) is 18.4 Å². The van der Waals surface area contributed by atoms with Gasteiger partial charge in [0.15, 0.2) is 0 Å². The van der Waals surface area contributed by atoms with Gasteiger partial charge in [-0.2, -0.15) is 0 Å². The van der Waals surface area contributed by atoms with E-state index in [1.807, 2.05) is 19.1 Å². The Morgan fingerprint density at radius 3 is 2.29 bits per heavy atom. The SMILES string of the molecule is Cc1ccc(NS(=O)(=O)C2CC2)cc1. The smallest absolute Gasteiger partial charge is 0.235 e. The minimum Gasteiger partial charge on any atom is -0.283 e. The van der Waals surface area contributed by atoms with Crippen LogP contribution in [0.15, 0.2) is 24.3 Å². The minimum absolute atomic E-state index is 0.163. The Bertz CT molecular complexity index is 418. The van der Waals surface area contributed by atoms with E-state index in [-0.39, 0.29) is 5.25 Å². The van der Waals surface area contributed by atoms with Crippen LogP contribution in [-0.2, 0) is 10.0 Å². The van der Waals surface area contributed by atoms with Gasteiger partial charge in [-0.15, -0.1) is 0 Å². The molecule has 3 nitrogen and oxygen atoms in total. The van der Waals surface area contributed by atoms with E-state index in [4.69, 9.17) is 0 Å². The largest absolute Gasteiger partial charge is 0.283 e. The number of anilines is 1. The van der Waals surface area contributed by atoms with Gasteiger partial charge in [-0.25, -0.2) is 8.42 Å². The van der Waals surface area contributed by atoms with Crippen molar-refractivity contribution in [3.8, 4) is 0 Å². The maximum absolute atomic E-state index is 11.5. The third kappa shape index (κ3) is 2.07. The zero-order valence-corrected chi connectivity index (χ0v) is 8.84. The minimum atomic E-state index is -3.10. The van der Waals surface area contributed by atoms with Crippen LogP contribution in [0.3, 0.4) is 0 Å². The average Bonchev–Trinajstić information content (AvgIpc) is 2.91. The first-order valence-corrected chi connectivity index (χ1v) is 6.21. The van der Waals surface area contributed by atoms with Crippen molar-refractivity contribution < 1.29 is 8.42 Å². The van der Waals surface area contributed by atoms with E-state index < -0.39 is 10.0 Å². The van der Waals surface area contributed by atoms with Gasteiger partial charge in [0.1, 0.15) is 0 Å². The summed E-state index contributed by atoms with van der Waals surface area (Å²) in [6.07, 6.45) is 1.59. The van der Waals surface area contributed by atoms with Crippen molar-refractivity contribution in [3.05, 3.63) is 29.8 Å². The van der Waals surface area contributed by atoms with E-state index in [1.165, 1.54) is 0 Å². The average molecular weight is 211 g/mol. The molecule has 0 spiro atoms. The second-order valence-electron chi connectivity index (χ2n) is 3.71. The Kier molecular flexibility index (Phi) is 2.23. The Balaban J connectivity index is 2.14. The maximum atomic E-state index is 11.5. The summed E-state index contributed by atoms with van der Waals surface area (Å²) >= 11 is 0. The van der Waals surface area contributed by atoms with Crippen LogP contribution >= 0.6 is 0 Å². The topological polar surface area (TPSA) is 46.2 Å². The van der Waals surface area contributed by atoms with Gasteiger partial charge in [-0.3, -0.25) is 4.72 Å². The summed E-state index contributed by atoms with van der Waals surface area (Å²) in [5, 5.41) is -0.163. The fourth-order valence-corrected chi connectivity index (χ4v) is 2.64. The van der Waals surface area contributed by atoms with Crippen LogP contribution in [0.5, 0.6) is 0 Å². The predicted octanol–water partition coefficient (Wildman–Crippen LogP) is 1.90. The molecule has 1 N–H and O–H groups in total. The highest BCUT2D eigenvalue weighted by Crippen LogP contribution is 2.29. The number of rotatable bonds is 3. The first kappa shape index (κ1) is 9.52. The highest BCUT2D eigenvalue weighted by Gasteiger charge is 2.35. The third-order valence-electron chi connectivity index (χ3n) is 2.27. The van der Waals surface area contributed by atoms with Gasteiger partial charge < -0.3 is 0 Å². The molecule has 1 saturated carbocycles. The van der Waals surface area contributed by atoms with Gasteiger partial charge in [0.25, 0.3) is 0 Å². The Morgan fingerprint density at radius 2 is 1.79 bits per heavy atom. The molecule has 0 saturated heterocycles. The maximum Gasteiger partial charge on any atom is 0.235 e. The molecule has 4 heteroatoms. The van der Waals surface area contributed by atoms with Crippen LogP contribution in [-0.4, -0.2) is 13.7 Å². The quantitative estimate of drug-likeness (QED) is 0.830. The number of benzene rings is 1. The molecule has 0 bridgehead atoms. The summed E-state index contributed by atoms with van der Waals surface area (Å²) in [5.74, 6) is 0. The first-order chi connectivity index (χ1) is 6.58. The van der Waals surface area contributed by atoms with E-state index in [1.54, 1.807) is 12.1 Å². The zero-order valence-electron chi connectivity index (χ0n) is 8.03. The molecule has 76 valence electrons. The van der Waals surface area contributed by atoms with E-state index in [2.05, 4.69) is 4.72 Å². The van der Waals surface area contributed by atoms with Gasteiger partial charge in [0.05, 0.1) is 5.25 Å². The molecule has 2 rings (SSSR count). The molecule has 1 fully saturated rings. The number of nitrogens with one attached hydrogen (secondary N) is 1. The van der Waals surface area contributed by atoms with Crippen molar-refractivity contribution in [3.63, 3.8) is 0 Å². The lowest BCUT2D eigenvalue weighted by Crippen LogP contribution is -2.17. The summed E-state index contributed by atoms with van der Waals surface area (Å²) in [6.45, 7) is 1.97. The molecule has 0 heterocycles. The molecule has 14 heavy (non-hydrogen) atoms. The standard InChI is InChI=1S/C10H13NO2S/c1-8-2-4-9(5-3-8)11-14(12,13)10-6-7-10/h2-5,10-11H,6-7H2,1H3. The van der Waals surface area contributed by atoms with Crippen molar-refractivity contribution in [2.45, 2.75) is 25.0 Å². The summed E-state index contributed by atoms with van der Waals surface area (Å²) < 4.78 is 25.7. The molecule has 0 amide bonds. The monoisotopic (exact) mass is 211 g/mol. The molecule has 0 unspecified atom stereocenters. The Morgan fingerprint density at radius 1 is 1.21 bits per heavy atom. The van der Waals surface area contributed by atoms with Gasteiger partial charge in [-0.1, -0.05) is 17.7 Å². The summed E-state index contributed by atoms with van der Waals surface area (Å²) in [4.78, 5) is 0. The van der Waals surface area contributed by atoms with Gasteiger partial charge in [0, 0.05) is 5.69 Å². The normalized spacial score (nSPS) is 16.6. The van der Waals surface area contributed by atoms with Crippen LogP contribution in [0.1, 0.15) is 18.4 Å². The molecular weight excluding hydrogens is 198 g/mol. The third-order valence-corrected chi connectivity index (χ3v) is 4.14. The van der Waals surface area contributed by atoms with E-state index >= 15 is 0 Å². The van der Waals surface area contributed by atoms with E-state index in [9.17, 15) is 8.42 Å². The van der Waals surface area contributed by atoms with Crippen LogP contribution in [0, 0.1) is 6.92 Å². The highest BCUT2D eigenvalue weighted by molar-refractivity contribution is 7.93. The molecule has 1 aromatic rings. The lowest BCUT2D eigenvalue weighted by atomic mass is 10.2. The predicted molar refractivity (Wildman–Crippen MR) is 56.7 cm³/mol. The fourth-order valence-electron chi connectivity index (χ4n) is 1.25. The number of hydrogen-bond acceptors (Lipinski definition) is 2. The Labute approximate surface area is 84.2 Å². The number of sulfonamides is 1. The summed E-state index contributed by atoms with van der Waals surface area (Å²) in [5.41, 5.74) is 1.78. The molecule has 0 radical (unpaired) electrons. The van der Waals surface area contributed by atoms with Gasteiger partial charge >= 0.3 is 0 Å². The molecule has 0 atom stereocenters. The second-order valence-corrected chi connectivity index (χ2v) is 5.67. The molecule has 1 aliphatic rings. The molecular formula is C10H13NO2S. The fraction of sp³-hybridized carbons (Fsp3) is 0.400. The molecule has 1 aliphatic carbocycles. The second kappa shape index (κ2) is 3.28. The van der Waals surface area contributed by atoms with Gasteiger partial charge in [0.2, 0.25) is 10.0 Å². The van der Waals surface area contributed by atoms with Gasteiger partial charge in [-0.05, 0) is 31.9 Å². The van der Waals surface area contributed by atoms with Crippen LogP contribution in [0.25, 0.3) is 0 Å². The van der Waals surface area contributed by atoms with Crippen molar-refractivity contribution in [1.82, 2.24) is 0 Å². The molecule has 0 aromatic heterocycles. The van der Waals surface area contributed by atoms with Crippen molar-refractivity contribution in [2.24, 2.45) is 0 Å². The summed E-state index contributed by atoms with van der Waals surface area (Å²) in [6, 6.07) is 7.36. The Hall–Kier alpha value is -1.03. The van der Waals surface area contributed by atoms with Crippen LogP contribution in [0.2, 0.25) is 0 Å². The first-order valence-electron chi connectivity index (χ1n) is 4.66. The lowest BCUT2D eigenvalue weighted by Gasteiger charge is -2.06. The summed E-state index contributed by atoms with van der Waals surface area (Å²) in [7, 11) is -3.10. The molecule has 1 aromatic carbocycles. The van der Waals surface area contributed by atoms with Crippen molar-refractivity contribution in [2.75, 3.05) is 4.72 Å². The molecule has 0 aliphatic heterocycles. The lowest BCUT2D eigenvalue weighted by molar-refractivity contribution is 0.600.